The lowest BCUT2D eigenvalue weighted by Crippen LogP contribution is -2.63. The van der Waals surface area contributed by atoms with E-state index in [1.54, 1.807) is 150 Å². The molecule has 3 aliphatic heterocycles. The van der Waals surface area contributed by atoms with E-state index in [9.17, 15) is 77.6 Å². The van der Waals surface area contributed by atoms with Gasteiger partial charge >= 0.3 is 11.9 Å². The van der Waals surface area contributed by atoms with E-state index in [4.69, 9.17) is 26.8 Å². The van der Waals surface area contributed by atoms with E-state index in [-0.39, 0.29) is 105 Å². The lowest BCUT2D eigenvalue weighted by Gasteiger charge is -2.36. The number of aliphatic carboxylic acids is 2. The SMILES string of the molecule is CC(C)[C@@H]1NC(=O)[C@H](Cc2c[nH]c3ccccc23)NC(=O)[C@@H]2CSCc3cc(n(C)n3)CN(Cc3cc(nn3C)CSC[C@@H](C(N)=O)NC(=O)[C@@H]3CCCN3C(=O)[C@H](C(C)C)NC(=O)[C@H](Cc3c[nH]c4ccccc34)NC(=O)CNC(=O)[C@H](CC(=O)O)NC1=O)Cc1cc(nn1C)CSC[C@H](NC(=O)[C@H](C)NC(C)(C)C(=O)CN(C)C(C)(C)C(=O)CCN)C(=O)N[C@@H]([C@@H](C)O)C(=O)N[C@@H](CCC(=O)O)C(=O)N2. The van der Waals surface area contributed by atoms with Gasteiger partial charge < -0.3 is 100 Å². The highest BCUT2D eigenvalue weighted by molar-refractivity contribution is 7.99. The van der Waals surface area contributed by atoms with Crippen LogP contribution in [0.2, 0.25) is 0 Å². The number of primary amides is 1. The first kappa shape index (κ1) is 111. The average Bonchev–Trinajstić information content (AvgIpc) is 1.66. The number of carboxylic acids is 2. The van der Waals surface area contributed by atoms with Crippen molar-refractivity contribution in [1.82, 2.24) is 118 Å². The van der Waals surface area contributed by atoms with Gasteiger partial charge in [-0.25, -0.2) is 0 Å². The predicted octanol–water partition coefficient (Wildman–Crippen LogP) is -1.31. The molecule has 14 atom stereocenters. The number of nitrogens with one attached hydrogen (secondary N) is 14. The Bertz CT molecular complexity index is 5770. The molecule has 5 aromatic heterocycles. The van der Waals surface area contributed by atoms with Crippen molar-refractivity contribution in [1.29, 1.82) is 0 Å². The summed E-state index contributed by atoms with van der Waals surface area (Å²) in [7, 11) is 6.84. The highest BCUT2D eigenvalue weighted by atomic mass is 32.2. The Morgan fingerprint density at radius 2 is 1.05 bits per heavy atom. The van der Waals surface area contributed by atoms with Gasteiger partial charge in [0.25, 0.3) is 0 Å². The number of aliphatic hydroxyl groups is 1. The molecule has 0 spiro atoms. The van der Waals surface area contributed by atoms with E-state index in [1.807, 2.05) is 18.2 Å². The molecule has 13 amide bonds. The minimum Gasteiger partial charge on any atom is -0.481 e. The number of para-hydroxylation sites is 2. The molecular weight excluding hydrogens is 1900 g/mol. The van der Waals surface area contributed by atoms with Crippen molar-refractivity contribution in [2.75, 3.05) is 50.5 Å². The summed E-state index contributed by atoms with van der Waals surface area (Å²) in [6.45, 7) is 15.0. The number of H-pyrrole nitrogens is 2. The summed E-state index contributed by atoms with van der Waals surface area (Å²) >= 11 is 3.48. The molecule has 3 aliphatic rings. The first-order chi connectivity index (χ1) is 67.1. The summed E-state index contributed by atoms with van der Waals surface area (Å²) in [4.78, 5) is 256. The number of nitrogens with zero attached hydrogens (tertiary/aromatic N) is 9. The van der Waals surface area contributed by atoms with Crippen LogP contribution in [0.4, 0.5) is 0 Å². The monoisotopic (exact) mass is 2030 g/mol. The van der Waals surface area contributed by atoms with Crippen molar-refractivity contribution >= 4 is 157 Å². The quantitative estimate of drug-likeness (QED) is 0.0334. The van der Waals surface area contributed by atoms with Crippen molar-refractivity contribution in [3.8, 4) is 0 Å². The fourth-order valence-electron chi connectivity index (χ4n) is 16.8. The summed E-state index contributed by atoms with van der Waals surface area (Å²) in [5, 5.41) is 79.7. The van der Waals surface area contributed by atoms with Gasteiger partial charge in [0.15, 0.2) is 11.6 Å². The Hall–Kier alpha value is -12.6. The maximum Gasteiger partial charge on any atom is 0.305 e. The molecule has 48 heteroatoms. The van der Waals surface area contributed by atoms with E-state index < -0.39 is 222 Å². The Morgan fingerprint density at radius 1 is 0.556 bits per heavy atom. The number of hydrogen-bond donors (Lipinski definition) is 19. The Kier molecular flexibility index (Phi) is 39.5. The minimum atomic E-state index is -1.97. The van der Waals surface area contributed by atoms with Crippen LogP contribution in [0.5, 0.6) is 0 Å². The van der Waals surface area contributed by atoms with Crippen LogP contribution in [0.3, 0.4) is 0 Å². The van der Waals surface area contributed by atoms with E-state index in [2.05, 4.69) is 78.7 Å². The first-order valence-corrected chi connectivity index (χ1v) is 50.4. The molecule has 0 radical (unpaired) electrons. The normalized spacial score (nSPS) is 23.1. The maximum atomic E-state index is 15.7. The number of fused-ring (bicyclic) bond motifs is 11. The molecule has 1 saturated heterocycles. The molecular formula is C94H133N25O20S3. The zero-order chi connectivity index (χ0) is 104. The second-order valence-electron chi connectivity index (χ2n) is 37.9. The second kappa shape index (κ2) is 50.4. The maximum absolute atomic E-state index is 15.7. The molecule has 21 N–H and O–H groups in total. The van der Waals surface area contributed by atoms with Crippen molar-refractivity contribution in [2.24, 2.45) is 44.4 Å². The molecule has 10 rings (SSSR count). The van der Waals surface area contributed by atoms with Gasteiger partial charge in [-0.3, -0.25) is 111 Å². The topological polar surface area (TPSA) is 642 Å². The number of Topliss-reactive ketones (excluding diaryl/α,β-unsaturated/α-hetero) is 2. The van der Waals surface area contributed by atoms with Crippen molar-refractivity contribution in [3.05, 3.63) is 124 Å². The Labute approximate surface area is 833 Å². The number of hydrogen-bond acceptors (Lipinski definition) is 28. The number of carboxylic acid groups (broad SMARTS) is 2. The van der Waals surface area contributed by atoms with Crippen LogP contribution in [-0.4, -0.2) is 310 Å². The van der Waals surface area contributed by atoms with Gasteiger partial charge in [0, 0.05) is 142 Å². The Balaban J connectivity index is 1.03. The molecule has 0 aliphatic carbocycles. The molecule has 1 fully saturated rings. The van der Waals surface area contributed by atoms with Crippen LogP contribution in [-0.2, 0) is 152 Å². The molecule has 1 unspecified atom stereocenters. The van der Waals surface area contributed by atoms with Crippen LogP contribution in [0.1, 0.15) is 153 Å². The van der Waals surface area contributed by atoms with E-state index in [0.717, 1.165) is 30.4 Å². The van der Waals surface area contributed by atoms with Crippen LogP contribution in [0.25, 0.3) is 21.8 Å². The Morgan fingerprint density at radius 3 is 1.57 bits per heavy atom. The highest BCUT2D eigenvalue weighted by Crippen LogP contribution is 2.29. The van der Waals surface area contributed by atoms with Crippen LogP contribution in [0, 0.1) is 11.8 Å². The number of thioether (sulfide) groups is 3. The lowest BCUT2D eigenvalue weighted by molar-refractivity contribution is -0.143. The number of aromatic nitrogens is 8. The van der Waals surface area contributed by atoms with Crippen LogP contribution >= 0.6 is 35.3 Å². The van der Waals surface area contributed by atoms with Crippen molar-refractivity contribution in [3.63, 3.8) is 0 Å². The molecule has 0 saturated carbocycles. The number of carbonyl (C=O) groups is 17. The third kappa shape index (κ3) is 30.2. The molecule has 45 nitrogen and oxygen atoms in total. The molecule has 8 heterocycles. The summed E-state index contributed by atoms with van der Waals surface area (Å²) in [6, 6.07) is 0.761. The number of amides is 13. The molecule has 8 bridgehead atoms. The van der Waals surface area contributed by atoms with E-state index in [0.29, 0.717) is 73.5 Å². The number of aryl methyl sites for hydroxylation is 3. The molecule has 7 aromatic rings. The van der Waals surface area contributed by atoms with Gasteiger partial charge in [0.05, 0.1) is 76.9 Å². The summed E-state index contributed by atoms with van der Waals surface area (Å²) < 4.78 is 5.03. The number of benzene rings is 2. The zero-order valence-electron chi connectivity index (χ0n) is 82.2. The van der Waals surface area contributed by atoms with Crippen molar-refractivity contribution in [2.45, 2.75) is 247 Å². The fraction of sp³-hybridized carbons (Fsp3) is 0.553. The lowest BCUT2D eigenvalue weighted by atomic mass is 9.92. The van der Waals surface area contributed by atoms with E-state index >= 15 is 19.2 Å². The third-order valence-corrected chi connectivity index (χ3v) is 28.6. The molecule has 142 heavy (non-hydrogen) atoms. The molecule has 772 valence electrons. The van der Waals surface area contributed by atoms with Crippen LogP contribution < -0.4 is 75.3 Å². The summed E-state index contributed by atoms with van der Waals surface area (Å²) in [5.74, 6) is -18.2. The standard InChI is InChI=1S/C94H133N25O20S3/c1-49(2)78-90(137)103-68(35-77(126)127)83(130)99-38-75(123)100-66(30-53-36-97-63-22-17-15-20-61(53)63)85(132)108-79(50(3)4)92(139)119-29-19-24-72(119)89(136)104-69(81(96)128)46-140-43-55-32-58(115(12)111-55)39-118-40-59-33-56(112-116(59)13)44-141-47-70(87(134)102-67(86(133)107-78)31-54-37-98-64-23-18-16-21-62(54)64)106-84(131)65(25-26-76(124)125)101-91(138)80(52(6)120)109-88(135)71(48-142-45-57-34-60(41-118)117(14)113-57)105-82(129)51(5)110-93(7,8)74(122)42-114(11)94(9,10)73(121)27-28-95/h15-18,20-23,32-34,36-37,49-52,65-72,78-80,97-98,110,120H,19,24-31,35,38-48,95H2,1-14H3,(H2,96,128)(H,99,130)(H,100,123)(H,101,138)(H,102,134)(H,103,137)(H,104,136)(H,105,129)(H,106,131)(H,107,133)(H,108,132)(H,109,135)(H,124,125)(H,126,127)/t51-,52+,65-,66-,67-,68-,69-,70-,71-,72-,78-,79-,80-/m0/s1. The van der Waals surface area contributed by atoms with E-state index in [1.165, 1.54) is 37.4 Å². The van der Waals surface area contributed by atoms with Crippen molar-refractivity contribution < 1.29 is 96.8 Å². The number of likely N-dealkylation sites (N-methyl/N-ethyl adjacent to an activating group) is 1. The van der Waals surface area contributed by atoms with Gasteiger partial charge in [-0.2, -0.15) is 50.6 Å². The predicted molar refractivity (Wildman–Crippen MR) is 529 cm³/mol. The summed E-state index contributed by atoms with van der Waals surface area (Å²) in [6.07, 6.45) is -1.09. The number of aliphatic hydroxyl groups excluding tert-OH is 1. The number of ketones is 2. The average molecular weight is 2030 g/mol. The fourth-order valence-corrected chi connectivity index (χ4v) is 19.7. The second-order valence-corrected chi connectivity index (χ2v) is 41.0. The van der Waals surface area contributed by atoms with Gasteiger partial charge in [-0.05, 0) is 128 Å². The summed E-state index contributed by atoms with van der Waals surface area (Å²) in [5.41, 5.74) is 15.1. The minimum absolute atomic E-state index is 0.0289. The molecule has 2 aromatic carbocycles. The van der Waals surface area contributed by atoms with Gasteiger partial charge in [-0.15, -0.1) is 0 Å². The zero-order valence-corrected chi connectivity index (χ0v) is 84.7. The highest BCUT2D eigenvalue weighted by Gasteiger charge is 2.44. The van der Waals surface area contributed by atoms with Gasteiger partial charge in [0.2, 0.25) is 76.8 Å². The number of nitrogens with two attached hydrogens (primary N) is 2. The number of carbonyl (C=O) groups excluding carboxylic acids is 15. The largest absolute Gasteiger partial charge is 0.481 e. The van der Waals surface area contributed by atoms with Gasteiger partial charge in [-0.1, -0.05) is 64.1 Å². The third-order valence-electron chi connectivity index (χ3n) is 25.4. The first-order valence-electron chi connectivity index (χ1n) is 47.0. The van der Waals surface area contributed by atoms with Gasteiger partial charge in [0.1, 0.15) is 66.5 Å². The smallest absolute Gasteiger partial charge is 0.305 e. The number of aromatic amines is 2. The number of rotatable bonds is 24. The van der Waals surface area contributed by atoms with Crippen LogP contribution in [0.15, 0.2) is 79.1 Å².